The Hall–Kier alpha value is -1.09. The normalized spacial score (nSPS) is 14.8. The first-order chi connectivity index (χ1) is 9.31. The molecule has 0 atom stereocenters. The van der Waals surface area contributed by atoms with Crippen LogP contribution in [0.1, 0.15) is 36.8 Å². The van der Waals surface area contributed by atoms with E-state index in [1.54, 1.807) is 0 Å². The van der Waals surface area contributed by atoms with E-state index >= 15 is 0 Å². The zero-order chi connectivity index (χ0) is 13.1. The number of nitrogens with zero attached hydrogens (tertiary/aromatic N) is 2. The van der Waals surface area contributed by atoms with Gasteiger partial charge in [0.15, 0.2) is 0 Å². The molecule has 0 N–H and O–H groups in total. The van der Waals surface area contributed by atoms with Crippen molar-refractivity contribution in [3.05, 3.63) is 52.3 Å². The Labute approximate surface area is 123 Å². The molecule has 0 aliphatic heterocycles. The quantitative estimate of drug-likeness (QED) is 0.770. The van der Waals surface area contributed by atoms with Gasteiger partial charge in [0.05, 0.1) is 6.54 Å². The highest BCUT2D eigenvalue weighted by atomic mass is 79.9. The summed E-state index contributed by atoms with van der Waals surface area (Å²) in [6.07, 6.45) is 10.7. The molecule has 1 aliphatic rings. The third kappa shape index (κ3) is 3.69. The number of aromatic nitrogens is 2. The monoisotopic (exact) mass is 318 g/mol. The van der Waals surface area contributed by atoms with Crippen molar-refractivity contribution in [2.24, 2.45) is 5.92 Å². The topological polar surface area (TPSA) is 17.8 Å². The van der Waals surface area contributed by atoms with Gasteiger partial charge in [-0.15, -0.1) is 0 Å². The molecule has 100 valence electrons. The van der Waals surface area contributed by atoms with E-state index in [1.807, 2.05) is 23.1 Å². The average Bonchev–Trinajstić information content (AvgIpc) is 3.08. The summed E-state index contributed by atoms with van der Waals surface area (Å²) in [4.78, 5) is 0. The second-order valence-electron chi connectivity index (χ2n) is 5.45. The van der Waals surface area contributed by atoms with Crippen LogP contribution in [0.5, 0.6) is 0 Å². The van der Waals surface area contributed by atoms with E-state index in [0.717, 1.165) is 16.9 Å². The number of aryl methyl sites for hydroxylation is 1. The molecule has 1 aromatic carbocycles. The Morgan fingerprint density at radius 3 is 2.89 bits per heavy atom. The Balaban J connectivity index is 1.69. The van der Waals surface area contributed by atoms with Gasteiger partial charge < -0.3 is 0 Å². The van der Waals surface area contributed by atoms with E-state index in [9.17, 15) is 0 Å². The molecule has 1 aromatic heterocycles. The third-order valence-electron chi connectivity index (χ3n) is 3.82. The first-order valence-electron chi connectivity index (χ1n) is 7.06. The van der Waals surface area contributed by atoms with E-state index in [-0.39, 0.29) is 0 Å². The maximum atomic E-state index is 4.30. The van der Waals surface area contributed by atoms with Gasteiger partial charge in [0.25, 0.3) is 0 Å². The van der Waals surface area contributed by atoms with E-state index in [0.29, 0.717) is 0 Å². The highest BCUT2D eigenvalue weighted by molar-refractivity contribution is 9.10. The molecule has 0 radical (unpaired) electrons. The second kappa shape index (κ2) is 5.91. The van der Waals surface area contributed by atoms with Crippen molar-refractivity contribution in [3.63, 3.8) is 0 Å². The third-order valence-corrected chi connectivity index (χ3v) is 4.31. The average molecular weight is 319 g/mol. The number of hydrogen-bond donors (Lipinski definition) is 0. The standard InChI is InChI=1S/C16H19BrN2/c17-16-8-7-14(4-1-3-13-5-6-13)15(11-16)12-19-10-2-9-18-19/h2,7-11,13H,1,3-6,12H2. The first-order valence-corrected chi connectivity index (χ1v) is 7.85. The summed E-state index contributed by atoms with van der Waals surface area (Å²) in [7, 11) is 0. The zero-order valence-electron chi connectivity index (χ0n) is 11.1. The van der Waals surface area contributed by atoms with Crippen molar-refractivity contribution in [1.82, 2.24) is 9.78 Å². The fourth-order valence-electron chi connectivity index (χ4n) is 2.54. The number of halogens is 1. The Morgan fingerprint density at radius 2 is 2.16 bits per heavy atom. The second-order valence-corrected chi connectivity index (χ2v) is 6.37. The smallest absolute Gasteiger partial charge is 0.0662 e. The van der Waals surface area contributed by atoms with Crippen molar-refractivity contribution in [1.29, 1.82) is 0 Å². The van der Waals surface area contributed by atoms with Crippen LogP contribution in [0.15, 0.2) is 41.1 Å². The van der Waals surface area contributed by atoms with Crippen LogP contribution in [-0.2, 0) is 13.0 Å². The Morgan fingerprint density at radius 1 is 1.26 bits per heavy atom. The molecule has 3 rings (SSSR count). The lowest BCUT2D eigenvalue weighted by Crippen LogP contribution is -2.04. The SMILES string of the molecule is Brc1ccc(CCCC2CC2)c(Cn2cccn2)c1. The van der Waals surface area contributed by atoms with Crippen molar-refractivity contribution in [3.8, 4) is 0 Å². The highest BCUT2D eigenvalue weighted by Crippen LogP contribution is 2.34. The summed E-state index contributed by atoms with van der Waals surface area (Å²) in [5.74, 6) is 1.03. The van der Waals surface area contributed by atoms with Crippen LogP contribution in [0.4, 0.5) is 0 Å². The van der Waals surface area contributed by atoms with Crippen LogP contribution in [0.25, 0.3) is 0 Å². The first kappa shape index (κ1) is 12.9. The molecule has 0 saturated heterocycles. The van der Waals surface area contributed by atoms with E-state index in [4.69, 9.17) is 0 Å². The minimum absolute atomic E-state index is 0.866. The van der Waals surface area contributed by atoms with Gasteiger partial charge in [0, 0.05) is 16.9 Å². The predicted molar refractivity (Wildman–Crippen MR) is 81.1 cm³/mol. The van der Waals surface area contributed by atoms with Crippen molar-refractivity contribution in [2.45, 2.75) is 38.6 Å². The lowest BCUT2D eigenvalue weighted by atomic mass is 10.0. The summed E-state index contributed by atoms with van der Waals surface area (Å²) < 4.78 is 3.15. The lowest BCUT2D eigenvalue weighted by molar-refractivity contribution is 0.649. The van der Waals surface area contributed by atoms with Crippen molar-refractivity contribution < 1.29 is 0 Å². The van der Waals surface area contributed by atoms with E-state index in [2.05, 4.69) is 39.2 Å². The summed E-state index contributed by atoms with van der Waals surface area (Å²) in [5, 5.41) is 4.30. The van der Waals surface area contributed by atoms with Crippen LogP contribution < -0.4 is 0 Å². The predicted octanol–water partition coefficient (Wildman–Crippen LogP) is 4.43. The van der Waals surface area contributed by atoms with Crippen LogP contribution >= 0.6 is 15.9 Å². The summed E-state index contributed by atoms with van der Waals surface area (Å²) in [5.41, 5.74) is 2.85. The molecule has 19 heavy (non-hydrogen) atoms. The molecular formula is C16H19BrN2. The maximum Gasteiger partial charge on any atom is 0.0662 e. The van der Waals surface area contributed by atoms with Crippen molar-refractivity contribution >= 4 is 15.9 Å². The number of hydrogen-bond acceptors (Lipinski definition) is 1. The fraction of sp³-hybridized carbons (Fsp3) is 0.438. The fourth-order valence-corrected chi connectivity index (χ4v) is 2.95. The van der Waals surface area contributed by atoms with E-state index < -0.39 is 0 Å². The molecule has 2 nitrogen and oxygen atoms in total. The molecule has 0 unspecified atom stereocenters. The molecule has 0 bridgehead atoms. The van der Waals surface area contributed by atoms with Gasteiger partial charge in [-0.2, -0.15) is 5.10 Å². The maximum absolute atomic E-state index is 4.30. The number of rotatable bonds is 6. The zero-order valence-corrected chi connectivity index (χ0v) is 12.6. The van der Waals surface area contributed by atoms with Gasteiger partial charge in [0.1, 0.15) is 0 Å². The molecule has 3 heteroatoms. The van der Waals surface area contributed by atoms with Gasteiger partial charge in [-0.25, -0.2) is 0 Å². The largest absolute Gasteiger partial charge is 0.268 e. The minimum atomic E-state index is 0.866. The summed E-state index contributed by atoms with van der Waals surface area (Å²) in [6.45, 7) is 0.866. The molecular weight excluding hydrogens is 300 g/mol. The molecule has 1 aliphatic carbocycles. The van der Waals surface area contributed by atoms with E-state index in [1.165, 1.54) is 43.2 Å². The van der Waals surface area contributed by atoms with Gasteiger partial charge >= 0.3 is 0 Å². The van der Waals surface area contributed by atoms with Crippen LogP contribution in [0.3, 0.4) is 0 Å². The molecule has 0 amide bonds. The van der Waals surface area contributed by atoms with Crippen LogP contribution in [0.2, 0.25) is 0 Å². The van der Waals surface area contributed by atoms with Gasteiger partial charge in [-0.05, 0) is 48.1 Å². The van der Waals surface area contributed by atoms with Gasteiger partial charge in [-0.1, -0.05) is 41.3 Å². The lowest BCUT2D eigenvalue weighted by Gasteiger charge is -2.10. The number of benzene rings is 1. The Bertz CT molecular complexity index is 530. The van der Waals surface area contributed by atoms with Gasteiger partial charge in [0.2, 0.25) is 0 Å². The molecule has 1 heterocycles. The molecule has 2 aromatic rings. The summed E-state index contributed by atoms with van der Waals surface area (Å²) in [6, 6.07) is 8.62. The molecule has 0 spiro atoms. The Kier molecular flexibility index (Phi) is 4.02. The molecule has 1 saturated carbocycles. The van der Waals surface area contributed by atoms with Crippen LogP contribution in [-0.4, -0.2) is 9.78 Å². The van der Waals surface area contributed by atoms with Crippen molar-refractivity contribution in [2.75, 3.05) is 0 Å². The summed E-state index contributed by atoms with van der Waals surface area (Å²) >= 11 is 3.57. The minimum Gasteiger partial charge on any atom is -0.268 e. The highest BCUT2D eigenvalue weighted by Gasteiger charge is 2.20. The van der Waals surface area contributed by atoms with Crippen LogP contribution in [0, 0.1) is 5.92 Å². The molecule has 1 fully saturated rings. The van der Waals surface area contributed by atoms with Gasteiger partial charge in [-0.3, -0.25) is 4.68 Å².